The fourth-order valence-electron chi connectivity index (χ4n) is 2.82. The van der Waals surface area contributed by atoms with Crippen molar-refractivity contribution in [3.8, 4) is 5.75 Å². The highest BCUT2D eigenvalue weighted by molar-refractivity contribution is 5.95. The van der Waals surface area contributed by atoms with Gasteiger partial charge >= 0.3 is 0 Å². The topological polar surface area (TPSA) is 58.6 Å². The molecule has 0 aromatic heterocycles. The second-order valence-electron chi connectivity index (χ2n) is 7.90. The quantitative estimate of drug-likeness (QED) is 0.902. The number of ether oxygens (including phenoxy) is 1. The monoisotopic (exact) mass is 332 g/mol. The van der Waals surface area contributed by atoms with E-state index in [0.29, 0.717) is 25.1 Å². The van der Waals surface area contributed by atoms with Crippen LogP contribution < -0.4 is 10.1 Å². The molecule has 1 N–H and O–H groups in total. The van der Waals surface area contributed by atoms with Crippen molar-refractivity contribution in [2.45, 2.75) is 53.2 Å². The van der Waals surface area contributed by atoms with Crippen LogP contribution in [-0.4, -0.2) is 41.9 Å². The van der Waals surface area contributed by atoms with Gasteiger partial charge < -0.3 is 15.0 Å². The molecule has 1 aromatic carbocycles. The normalized spacial score (nSPS) is 18.2. The highest BCUT2D eigenvalue weighted by Gasteiger charge is 2.32. The van der Waals surface area contributed by atoms with Gasteiger partial charge in [0.05, 0.1) is 12.1 Å². The molecule has 0 aliphatic carbocycles. The highest BCUT2D eigenvalue weighted by atomic mass is 16.5. The van der Waals surface area contributed by atoms with E-state index in [4.69, 9.17) is 4.74 Å². The summed E-state index contributed by atoms with van der Waals surface area (Å²) in [5.74, 6) is 0.700. The van der Waals surface area contributed by atoms with Crippen molar-refractivity contribution in [1.82, 2.24) is 10.2 Å². The Bertz CT molecular complexity index is 588. The molecule has 0 bridgehead atoms. The average Bonchev–Trinajstić information content (AvgIpc) is 2.76. The van der Waals surface area contributed by atoms with Crippen LogP contribution in [0.25, 0.3) is 0 Å². The second-order valence-corrected chi connectivity index (χ2v) is 7.90. The van der Waals surface area contributed by atoms with E-state index in [0.717, 1.165) is 5.75 Å². The van der Waals surface area contributed by atoms with E-state index in [1.165, 1.54) is 0 Å². The molecule has 2 amide bonds. The third kappa shape index (κ3) is 5.25. The number of benzene rings is 1. The first-order valence-electron chi connectivity index (χ1n) is 8.49. The van der Waals surface area contributed by atoms with Crippen molar-refractivity contribution in [3.63, 3.8) is 0 Å². The zero-order valence-corrected chi connectivity index (χ0v) is 15.3. The van der Waals surface area contributed by atoms with Crippen LogP contribution in [0.2, 0.25) is 0 Å². The zero-order valence-electron chi connectivity index (χ0n) is 15.3. The van der Waals surface area contributed by atoms with Gasteiger partial charge in [0.15, 0.2) is 0 Å². The van der Waals surface area contributed by atoms with Crippen LogP contribution in [0.4, 0.5) is 0 Å². The molecule has 1 aliphatic rings. The van der Waals surface area contributed by atoms with Gasteiger partial charge in [-0.1, -0.05) is 20.8 Å². The maximum Gasteiger partial charge on any atom is 0.251 e. The molecule has 24 heavy (non-hydrogen) atoms. The van der Waals surface area contributed by atoms with Crippen molar-refractivity contribution < 1.29 is 14.3 Å². The van der Waals surface area contributed by atoms with E-state index in [-0.39, 0.29) is 29.4 Å². The van der Waals surface area contributed by atoms with Crippen molar-refractivity contribution in [2.75, 3.05) is 13.1 Å². The molecule has 1 heterocycles. The number of nitrogens with zero attached hydrogens (tertiary/aromatic N) is 1. The van der Waals surface area contributed by atoms with E-state index < -0.39 is 0 Å². The van der Waals surface area contributed by atoms with Crippen molar-refractivity contribution in [2.24, 2.45) is 5.41 Å². The van der Waals surface area contributed by atoms with Gasteiger partial charge in [0.1, 0.15) is 5.75 Å². The Morgan fingerprint density at radius 2 is 1.92 bits per heavy atom. The van der Waals surface area contributed by atoms with Gasteiger partial charge in [-0.05, 0) is 43.5 Å². The SMILES string of the molecule is CC(C)Oc1ccc(C(=O)N[C@H]2CC(=O)N(CC(C)(C)C)C2)cc1. The maximum atomic E-state index is 12.4. The van der Waals surface area contributed by atoms with E-state index >= 15 is 0 Å². The Labute approximate surface area is 144 Å². The highest BCUT2D eigenvalue weighted by Crippen LogP contribution is 2.21. The molecule has 0 radical (unpaired) electrons. The van der Waals surface area contributed by atoms with Gasteiger partial charge in [-0.25, -0.2) is 0 Å². The predicted octanol–water partition coefficient (Wildman–Crippen LogP) is 2.85. The van der Waals surface area contributed by atoms with E-state index in [1.54, 1.807) is 24.3 Å². The minimum atomic E-state index is -0.151. The number of hydrogen-bond acceptors (Lipinski definition) is 3. The molecule has 0 saturated carbocycles. The lowest BCUT2D eigenvalue weighted by molar-refractivity contribution is -0.128. The molecule has 1 saturated heterocycles. The molecule has 5 nitrogen and oxygen atoms in total. The van der Waals surface area contributed by atoms with Crippen molar-refractivity contribution >= 4 is 11.8 Å². The van der Waals surface area contributed by atoms with Crippen molar-refractivity contribution in [1.29, 1.82) is 0 Å². The fraction of sp³-hybridized carbons (Fsp3) is 0.579. The van der Waals surface area contributed by atoms with Gasteiger partial charge in [-0.2, -0.15) is 0 Å². The zero-order chi connectivity index (χ0) is 17.9. The number of carbonyl (C=O) groups is 2. The molecule has 0 unspecified atom stereocenters. The van der Waals surface area contributed by atoms with Crippen LogP contribution in [0, 0.1) is 5.41 Å². The third-order valence-corrected chi connectivity index (χ3v) is 3.70. The van der Waals surface area contributed by atoms with E-state index in [1.807, 2.05) is 18.7 Å². The van der Waals surface area contributed by atoms with Gasteiger partial charge in [-0.3, -0.25) is 9.59 Å². The Hall–Kier alpha value is -2.04. The van der Waals surface area contributed by atoms with Crippen LogP contribution >= 0.6 is 0 Å². The summed E-state index contributed by atoms with van der Waals surface area (Å²) in [7, 11) is 0. The third-order valence-electron chi connectivity index (χ3n) is 3.70. The number of likely N-dealkylation sites (tertiary alicyclic amines) is 1. The standard InChI is InChI=1S/C19H28N2O3/c1-13(2)24-16-8-6-14(7-9-16)18(23)20-15-10-17(22)21(11-15)12-19(3,4)5/h6-9,13,15H,10-12H2,1-5H3,(H,20,23)/t15-/m0/s1. The summed E-state index contributed by atoms with van der Waals surface area (Å²) in [5.41, 5.74) is 0.633. The van der Waals surface area contributed by atoms with Gasteiger partial charge in [0.25, 0.3) is 5.91 Å². The summed E-state index contributed by atoms with van der Waals surface area (Å²) in [6.07, 6.45) is 0.471. The van der Waals surface area contributed by atoms with Crippen molar-refractivity contribution in [3.05, 3.63) is 29.8 Å². The Kier molecular flexibility index (Phi) is 5.52. The molecule has 1 aliphatic heterocycles. The summed E-state index contributed by atoms with van der Waals surface area (Å²) in [6, 6.07) is 6.95. The molecule has 2 rings (SSSR count). The molecule has 1 fully saturated rings. The summed E-state index contributed by atoms with van der Waals surface area (Å²) in [4.78, 5) is 26.3. The lowest BCUT2D eigenvalue weighted by Gasteiger charge is -2.26. The summed E-state index contributed by atoms with van der Waals surface area (Å²) in [5, 5.41) is 2.96. The fourth-order valence-corrected chi connectivity index (χ4v) is 2.82. The number of carbonyl (C=O) groups excluding carboxylic acids is 2. The molecular formula is C19H28N2O3. The first-order chi connectivity index (χ1) is 11.1. The molecule has 1 aromatic rings. The van der Waals surface area contributed by atoms with Crippen LogP contribution in [0.1, 0.15) is 51.4 Å². The largest absolute Gasteiger partial charge is 0.491 e. The maximum absolute atomic E-state index is 12.4. The summed E-state index contributed by atoms with van der Waals surface area (Å²) in [6.45, 7) is 11.5. The van der Waals surface area contributed by atoms with Gasteiger partial charge in [0, 0.05) is 25.1 Å². The van der Waals surface area contributed by atoms with Crippen LogP contribution in [0.3, 0.4) is 0 Å². The Morgan fingerprint density at radius 1 is 1.29 bits per heavy atom. The predicted molar refractivity (Wildman–Crippen MR) is 94.1 cm³/mol. The van der Waals surface area contributed by atoms with Gasteiger partial charge in [-0.15, -0.1) is 0 Å². The van der Waals surface area contributed by atoms with Gasteiger partial charge in [0.2, 0.25) is 5.91 Å². The molecule has 1 atom stereocenters. The number of nitrogens with one attached hydrogen (secondary N) is 1. The summed E-state index contributed by atoms with van der Waals surface area (Å²) < 4.78 is 5.57. The first-order valence-corrected chi connectivity index (χ1v) is 8.49. The number of hydrogen-bond donors (Lipinski definition) is 1. The Morgan fingerprint density at radius 3 is 2.46 bits per heavy atom. The van der Waals surface area contributed by atoms with E-state index in [2.05, 4.69) is 26.1 Å². The van der Waals surface area contributed by atoms with E-state index in [9.17, 15) is 9.59 Å². The molecule has 132 valence electrons. The van der Waals surface area contributed by atoms with Crippen LogP contribution in [0.15, 0.2) is 24.3 Å². The second kappa shape index (κ2) is 7.24. The van der Waals surface area contributed by atoms with Crippen LogP contribution in [0.5, 0.6) is 5.75 Å². The number of rotatable bonds is 5. The number of amides is 2. The lowest BCUT2D eigenvalue weighted by Crippen LogP contribution is -2.39. The molecule has 0 spiro atoms. The minimum Gasteiger partial charge on any atom is -0.491 e. The molecule has 5 heteroatoms. The first kappa shape index (κ1) is 18.3. The summed E-state index contributed by atoms with van der Waals surface area (Å²) >= 11 is 0. The Balaban J connectivity index is 1.92. The lowest BCUT2D eigenvalue weighted by atomic mass is 9.96. The van der Waals surface area contributed by atoms with Crippen LogP contribution in [-0.2, 0) is 4.79 Å². The average molecular weight is 332 g/mol. The smallest absolute Gasteiger partial charge is 0.251 e. The molecular weight excluding hydrogens is 304 g/mol. The minimum absolute atomic E-state index is 0.0564.